The van der Waals surface area contributed by atoms with Crippen LogP contribution >= 0.6 is 11.3 Å². The fourth-order valence-corrected chi connectivity index (χ4v) is 3.58. The van der Waals surface area contributed by atoms with Crippen molar-refractivity contribution in [3.8, 4) is 10.6 Å². The lowest BCUT2D eigenvalue weighted by molar-refractivity contribution is -0.136. The zero-order valence-electron chi connectivity index (χ0n) is 12.9. The topological polar surface area (TPSA) is 25.8 Å². The van der Waals surface area contributed by atoms with Gasteiger partial charge in [-0.2, -0.15) is 13.2 Å². The molecule has 0 atom stereocenters. The lowest BCUT2D eigenvalue weighted by Gasteiger charge is -2.13. The molecule has 2 nitrogen and oxygen atoms in total. The summed E-state index contributed by atoms with van der Waals surface area (Å²) in [5, 5.41) is 2.80. The quantitative estimate of drug-likeness (QED) is 0.590. The number of rotatable bonds is 2. The summed E-state index contributed by atoms with van der Waals surface area (Å²) < 4.78 is 39.9. The van der Waals surface area contributed by atoms with Gasteiger partial charge in [-0.15, -0.1) is 11.3 Å². The Hall–Kier alpha value is -1.95. The van der Waals surface area contributed by atoms with Crippen molar-refractivity contribution >= 4 is 22.2 Å². The molecule has 0 aliphatic heterocycles. The second-order valence-electron chi connectivity index (χ2n) is 5.73. The van der Waals surface area contributed by atoms with Crippen molar-refractivity contribution in [3.05, 3.63) is 46.6 Å². The van der Waals surface area contributed by atoms with E-state index in [-0.39, 0.29) is 11.3 Å². The Labute approximate surface area is 136 Å². The van der Waals surface area contributed by atoms with Crippen LogP contribution in [0.2, 0.25) is 0 Å². The zero-order valence-corrected chi connectivity index (χ0v) is 13.7. The van der Waals surface area contributed by atoms with Gasteiger partial charge in [0.1, 0.15) is 5.01 Å². The van der Waals surface area contributed by atoms with E-state index in [0.29, 0.717) is 21.7 Å². The standard InChI is InChI=1S/C17H15F3N2S/c1-9(2)14-8-23-16(22-14)11-7-21-13-6-4-5-12(17(18,19)20)15(13)10(11)3/h4-9H,1-3H3. The van der Waals surface area contributed by atoms with Gasteiger partial charge in [0, 0.05) is 22.5 Å². The summed E-state index contributed by atoms with van der Waals surface area (Å²) >= 11 is 1.43. The van der Waals surface area contributed by atoms with Gasteiger partial charge in [0.2, 0.25) is 0 Å². The van der Waals surface area contributed by atoms with Crippen LogP contribution in [0.15, 0.2) is 29.8 Å². The number of thiazole rings is 1. The number of halogens is 3. The zero-order chi connectivity index (χ0) is 16.8. The normalized spacial score (nSPS) is 12.3. The molecule has 6 heteroatoms. The second-order valence-corrected chi connectivity index (χ2v) is 6.58. The van der Waals surface area contributed by atoms with E-state index in [1.54, 1.807) is 19.2 Å². The van der Waals surface area contributed by atoms with Crippen molar-refractivity contribution in [3.63, 3.8) is 0 Å². The molecule has 0 aliphatic carbocycles. The molecule has 0 bridgehead atoms. The molecule has 120 valence electrons. The summed E-state index contributed by atoms with van der Waals surface area (Å²) in [6.45, 7) is 5.77. The number of benzene rings is 1. The van der Waals surface area contributed by atoms with Crippen LogP contribution in [0, 0.1) is 6.92 Å². The van der Waals surface area contributed by atoms with E-state index in [1.807, 2.05) is 19.2 Å². The molecule has 1 aromatic carbocycles. The Morgan fingerprint density at radius 3 is 2.52 bits per heavy atom. The lowest BCUT2D eigenvalue weighted by atomic mass is 10.00. The Bertz CT molecular complexity index is 866. The predicted octanol–water partition coefficient (Wildman–Crippen LogP) is 5.81. The summed E-state index contributed by atoms with van der Waals surface area (Å²) in [7, 11) is 0. The maximum Gasteiger partial charge on any atom is 0.417 e. The third-order valence-corrected chi connectivity index (χ3v) is 4.70. The number of aryl methyl sites for hydroxylation is 1. The van der Waals surface area contributed by atoms with Crippen LogP contribution in [-0.2, 0) is 6.18 Å². The molecule has 23 heavy (non-hydrogen) atoms. The van der Waals surface area contributed by atoms with Crippen molar-refractivity contribution in [2.24, 2.45) is 0 Å². The highest BCUT2D eigenvalue weighted by molar-refractivity contribution is 7.13. The molecule has 0 spiro atoms. The minimum atomic E-state index is -4.41. The molecule has 0 saturated carbocycles. The van der Waals surface area contributed by atoms with Crippen molar-refractivity contribution in [1.82, 2.24) is 9.97 Å². The first kappa shape index (κ1) is 15.9. The Morgan fingerprint density at radius 1 is 1.17 bits per heavy atom. The minimum absolute atomic E-state index is 0.152. The van der Waals surface area contributed by atoms with Crippen LogP contribution < -0.4 is 0 Å². The molecule has 2 heterocycles. The van der Waals surface area contributed by atoms with Gasteiger partial charge in [-0.3, -0.25) is 4.98 Å². The van der Waals surface area contributed by atoms with E-state index < -0.39 is 11.7 Å². The van der Waals surface area contributed by atoms with Gasteiger partial charge in [-0.1, -0.05) is 19.9 Å². The number of aromatic nitrogens is 2. The van der Waals surface area contributed by atoms with Crippen LogP contribution in [0.5, 0.6) is 0 Å². The highest BCUT2D eigenvalue weighted by atomic mass is 32.1. The third-order valence-electron chi connectivity index (χ3n) is 3.80. The predicted molar refractivity (Wildman–Crippen MR) is 86.7 cm³/mol. The molecule has 0 radical (unpaired) electrons. The number of alkyl halides is 3. The SMILES string of the molecule is Cc1c(-c2nc(C(C)C)cs2)cnc2cccc(C(F)(F)F)c12. The van der Waals surface area contributed by atoms with Crippen LogP contribution in [0.1, 0.15) is 36.6 Å². The van der Waals surface area contributed by atoms with Gasteiger partial charge < -0.3 is 0 Å². The first-order chi connectivity index (χ1) is 10.8. The van der Waals surface area contributed by atoms with Crippen molar-refractivity contribution < 1.29 is 13.2 Å². The summed E-state index contributed by atoms with van der Waals surface area (Å²) in [4.78, 5) is 8.75. The van der Waals surface area contributed by atoms with Gasteiger partial charge in [0.05, 0.1) is 16.8 Å². The Kier molecular flexibility index (Phi) is 3.88. The largest absolute Gasteiger partial charge is 0.417 e. The van der Waals surface area contributed by atoms with E-state index in [4.69, 9.17) is 0 Å². The highest BCUT2D eigenvalue weighted by Gasteiger charge is 2.33. The third kappa shape index (κ3) is 2.83. The summed E-state index contributed by atoms with van der Waals surface area (Å²) in [6, 6.07) is 4.09. The number of hydrogen-bond acceptors (Lipinski definition) is 3. The van der Waals surface area contributed by atoms with Crippen molar-refractivity contribution in [2.75, 3.05) is 0 Å². The highest BCUT2D eigenvalue weighted by Crippen LogP contribution is 2.39. The molecule has 0 amide bonds. The van der Waals surface area contributed by atoms with Gasteiger partial charge in [0.25, 0.3) is 0 Å². The number of hydrogen-bond donors (Lipinski definition) is 0. The van der Waals surface area contributed by atoms with Gasteiger partial charge >= 0.3 is 6.18 Å². The number of pyridine rings is 1. The molecule has 0 unspecified atom stereocenters. The molecular formula is C17H15F3N2S. The molecule has 3 rings (SSSR count). The van der Waals surface area contributed by atoms with Gasteiger partial charge in [-0.25, -0.2) is 4.98 Å². The number of nitrogens with zero attached hydrogens (tertiary/aromatic N) is 2. The summed E-state index contributed by atoms with van der Waals surface area (Å²) in [5.41, 5.74) is 1.86. The Morgan fingerprint density at radius 2 is 1.91 bits per heavy atom. The average molecular weight is 336 g/mol. The number of fused-ring (bicyclic) bond motifs is 1. The maximum absolute atomic E-state index is 13.3. The molecular weight excluding hydrogens is 321 g/mol. The summed E-state index contributed by atoms with van der Waals surface area (Å²) in [5.74, 6) is 0.277. The minimum Gasteiger partial charge on any atom is -0.255 e. The van der Waals surface area contributed by atoms with Gasteiger partial charge in [0.15, 0.2) is 0 Å². The smallest absolute Gasteiger partial charge is 0.255 e. The lowest BCUT2D eigenvalue weighted by Crippen LogP contribution is -2.07. The Balaban J connectivity index is 2.25. The van der Waals surface area contributed by atoms with Crippen molar-refractivity contribution in [2.45, 2.75) is 32.9 Å². The van der Waals surface area contributed by atoms with Crippen LogP contribution in [-0.4, -0.2) is 9.97 Å². The van der Waals surface area contributed by atoms with Crippen LogP contribution in [0.3, 0.4) is 0 Å². The van der Waals surface area contributed by atoms with E-state index in [0.717, 1.165) is 11.8 Å². The first-order valence-electron chi connectivity index (χ1n) is 7.20. The monoisotopic (exact) mass is 336 g/mol. The summed E-state index contributed by atoms with van der Waals surface area (Å²) in [6.07, 6.45) is -2.79. The molecule has 2 aromatic heterocycles. The molecule has 0 saturated heterocycles. The van der Waals surface area contributed by atoms with E-state index in [1.165, 1.54) is 17.4 Å². The first-order valence-corrected chi connectivity index (χ1v) is 8.08. The molecule has 3 aromatic rings. The van der Waals surface area contributed by atoms with Gasteiger partial charge in [-0.05, 0) is 30.5 Å². The van der Waals surface area contributed by atoms with E-state index in [9.17, 15) is 13.2 Å². The van der Waals surface area contributed by atoms with E-state index >= 15 is 0 Å². The van der Waals surface area contributed by atoms with Crippen LogP contribution in [0.4, 0.5) is 13.2 Å². The average Bonchev–Trinajstić information content (AvgIpc) is 2.96. The molecule has 0 aliphatic rings. The van der Waals surface area contributed by atoms with E-state index in [2.05, 4.69) is 9.97 Å². The maximum atomic E-state index is 13.3. The fourth-order valence-electron chi connectivity index (χ4n) is 2.53. The fraction of sp³-hybridized carbons (Fsp3) is 0.294. The van der Waals surface area contributed by atoms with Crippen LogP contribution in [0.25, 0.3) is 21.5 Å². The van der Waals surface area contributed by atoms with Crippen molar-refractivity contribution in [1.29, 1.82) is 0 Å². The molecule has 0 N–H and O–H groups in total. The molecule has 0 fully saturated rings. The second kappa shape index (κ2) is 5.60.